The van der Waals surface area contributed by atoms with Gasteiger partial charge in [0, 0.05) is 50.5 Å². The summed E-state index contributed by atoms with van der Waals surface area (Å²) in [5.74, 6) is -3.13. The van der Waals surface area contributed by atoms with Crippen LogP contribution in [0.1, 0.15) is 27.4 Å². The number of carbonyl (C=O) groups excluding carboxylic acids is 2. The number of Topliss-reactive ketones (excluding diaryl/α,β-unsaturated/α-hetero) is 1. The summed E-state index contributed by atoms with van der Waals surface area (Å²) in [7, 11) is 0. The molecule has 2 aliphatic heterocycles. The fourth-order valence-corrected chi connectivity index (χ4v) is 3.98. The third kappa shape index (κ3) is 4.00. The molecule has 150 valence electrons. The molecule has 0 aromatic heterocycles. The van der Waals surface area contributed by atoms with Crippen LogP contribution in [0.15, 0.2) is 48.5 Å². The van der Waals surface area contributed by atoms with Gasteiger partial charge in [0.15, 0.2) is 0 Å². The van der Waals surface area contributed by atoms with Gasteiger partial charge in [-0.1, -0.05) is 30.3 Å². The maximum absolute atomic E-state index is 13.0. The van der Waals surface area contributed by atoms with Crippen molar-refractivity contribution in [2.75, 3.05) is 38.0 Å². The van der Waals surface area contributed by atoms with Crippen LogP contribution in [-0.4, -0.2) is 65.3 Å². The molecule has 1 unspecified atom stereocenters. The molecule has 4 rings (SSSR count). The molecular weight excluding hydrogens is 370 g/mol. The zero-order valence-corrected chi connectivity index (χ0v) is 16.0. The van der Waals surface area contributed by atoms with Crippen LogP contribution in [-0.2, 0) is 16.1 Å². The number of nitrogens with zero attached hydrogens (tertiary/aromatic N) is 2. The van der Waals surface area contributed by atoms with E-state index in [0.717, 1.165) is 19.6 Å². The Labute approximate surface area is 168 Å². The quantitative estimate of drug-likeness (QED) is 0.753. The van der Waals surface area contributed by atoms with Crippen molar-refractivity contribution in [2.24, 2.45) is 0 Å². The summed E-state index contributed by atoms with van der Waals surface area (Å²) in [5, 5.41) is 12.1. The van der Waals surface area contributed by atoms with Gasteiger partial charge in [0.05, 0.1) is 5.92 Å². The van der Waals surface area contributed by atoms with E-state index in [4.69, 9.17) is 5.11 Å². The summed E-state index contributed by atoms with van der Waals surface area (Å²) in [5.41, 5.74) is 3.06. The number of hydrogen-bond acceptors (Lipinski definition) is 5. The first-order valence-corrected chi connectivity index (χ1v) is 9.73. The molecular formula is C22H23N3O4. The van der Waals surface area contributed by atoms with E-state index in [-0.39, 0.29) is 12.5 Å². The van der Waals surface area contributed by atoms with Crippen molar-refractivity contribution in [3.05, 3.63) is 65.2 Å². The lowest BCUT2D eigenvalue weighted by Gasteiger charge is -2.35. The second-order valence-electron chi connectivity index (χ2n) is 7.46. The summed E-state index contributed by atoms with van der Waals surface area (Å²) in [6.45, 7) is 3.99. The summed E-state index contributed by atoms with van der Waals surface area (Å²) in [4.78, 5) is 40.1. The van der Waals surface area contributed by atoms with Gasteiger partial charge in [0.1, 0.15) is 0 Å². The number of amides is 1. The van der Waals surface area contributed by atoms with E-state index in [0.29, 0.717) is 29.9 Å². The van der Waals surface area contributed by atoms with Gasteiger partial charge in [-0.15, -0.1) is 0 Å². The Morgan fingerprint density at radius 1 is 1.00 bits per heavy atom. The minimum absolute atomic E-state index is 0.0828. The fraction of sp³-hybridized carbons (Fsp3) is 0.318. The average Bonchev–Trinajstić information content (AvgIpc) is 3.17. The largest absolute Gasteiger partial charge is 0.475 e. The smallest absolute Gasteiger partial charge is 0.372 e. The molecule has 1 atom stereocenters. The average molecular weight is 393 g/mol. The van der Waals surface area contributed by atoms with Crippen LogP contribution in [0.5, 0.6) is 0 Å². The van der Waals surface area contributed by atoms with Crippen molar-refractivity contribution >= 4 is 23.3 Å². The van der Waals surface area contributed by atoms with Gasteiger partial charge in [-0.2, -0.15) is 0 Å². The Kier molecular flexibility index (Phi) is 5.31. The molecule has 1 amide bonds. The lowest BCUT2D eigenvalue weighted by molar-refractivity contribution is -0.149. The Bertz CT molecular complexity index is 936. The Morgan fingerprint density at radius 3 is 2.41 bits per heavy atom. The fourth-order valence-electron chi connectivity index (χ4n) is 3.98. The van der Waals surface area contributed by atoms with Crippen molar-refractivity contribution in [1.29, 1.82) is 0 Å². The van der Waals surface area contributed by atoms with Crippen LogP contribution >= 0.6 is 0 Å². The van der Waals surface area contributed by atoms with Crippen LogP contribution in [0.2, 0.25) is 0 Å². The summed E-state index contributed by atoms with van der Waals surface area (Å²) < 4.78 is 0. The van der Waals surface area contributed by atoms with Crippen LogP contribution in [0, 0.1) is 0 Å². The molecule has 2 aliphatic rings. The molecule has 0 bridgehead atoms. The van der Waals surface area contributed by atoms with Crippen molar-refractivity contribution in [3.63, 3.8) is 0 Å². The minimum Gasteiger partial charge on any atom is -0.475 e. The van der Waals surface area contributed by atoms with Crippen molar-refractivity contribution in [1.82, 2.24) is 9.80 Å². The number of nitrogens with one attached hydrogen (secondary N) is 1. The molecule has 0 saturated carbocycles. The standard InChI is InChI=1S/C22H23N3O4/c26-20(22(28)29)18-13-23-19-7-6-16(12-17(18)19)21(27)25-10-8-24(9-11-25)14-15-4-2-1-3-5-15/h1-7,12,18,23H,8-11,13-14H2,(H,28,29). The summed E-state index contributed by atoms with van der Waals surface area (Å²) in [6, 6.07) is 15.4. The summed E-state index contributed by atoms with van der Waals surface area (Å²) in [6.07, 6.45) is 0. The summed E-state index contributed by atoms with van der Waals surface area (Å²) >= 11 is 0. The number of fused-ring (bicyclic) bond motifs is 1. The number of benzene rings is 2. The first kappa shape index (κ1) is 19.1. The zero-order valence-electron chi connectivity index (χ0n) is 16.0. The van der Waals surface area contributed by atoms with Crippen molar-refractivity contribution in [2.45, 2.75) is 12.5 Å². The van der Waals surface area contributed by atoms with Gasteiger partial charge < -0.3 is 15.3 Å². The van der Waals surface area contributed by atoms with Gasteiger partial charge in [-0.25, -0.2) is 4.79 Å². The molecule has 7 heteroatoms. The predicted molar refractivity (Wildman–Crippen MR) is 108 cm³/mol. The van der Waals surface area contributed by atoms with E-state index >= 15 is 0 Å². The Morgan fingerprint density at radius 2 is 1.72 bits per heavy atom. The molecule has 0 spiro atoms. The van der Waals surface area contributed by atoms with Gasteiger partial charge >= 0.3 is 5.97 Å². The van der Waals surface area contributed by atoms with E-state index < -0.39 is 17.7 Å². The molecule has 0 aliphatic carbocycles. The second kappa shape index (κ2) is 8.05. The third-order valence-corrected chi connectivity index (χ3v) is 5.61. The molecule has 29 heavy (non-hydrogen) atoms. The van der Waals surface area contributed by atoms with Gasteiger partial charge in [-0.3, -0.25) is 14.5 Å². The van der Waals surface area contributed by atoms with Crippen LogP contribution in [0.3, 0.4) is 0 Å². The number of hydrogen-bond donors (Lipinski definition) is 2. The Hall–Kier alpha value is -3.19. The molecule has 2 aromatic rings. The maximum Gasteiger partial charge on any atom is 0.372 e. The lowest BCUT2D eigenvalue weighted by atomic mass is 9.95. The van der Waals surface area contributed by atoms with Crippen LogP contribution in [0.4, 0.5) is 5.69 Å². The first-order chi connectivity index (χ1) is 14.0. The van der Waals surface area contributed by atoms with Crippen LogP contribution < -0.4 is 5.32 Å². The molecule has 1 saturated heterocycles. The SMILES string of the molecule is O=C(O)C(=O)C1CNc2ccc(C(=O)N3CCN(Cc4ccccc4)CC3)cc21. The second-order valence-corrected chi connectivity index (χ2v) is 7.46. The van der Waals surface area contributed by atoms with Crippen molar-refractivity contribution in [3.8, 4) is 0 Å². The van der Waals surface area contributed by atoms with E-state index in [9.17, 15) is 14.4 Å². The number of aliphatic carboxylic acids is 1. The zero-order chi connectivity index (χ0) is 20.4. The first-order valence-electron chi connectivity index (χ1n) is 9.73. The number of carbonyl (C=O) groups is 3. The third-order valence-electron chi connectivity index (χ3n) is 5.61. The molecule has 2 aromatic carbocycles. The number of piperazine rings is 1. The monoisotopic (exact) mass is 393 g/mol. The van der Waals surface area contributed by atoms with Gasteiger partial charge in [0.25, 0.3) is 5.91 Å². The highest BCUT2D eigenvalue weighted by Gasteiger charge is 2.33. The minimum atomic E-state index is -1.45. The molecule has 0 radical (unpaired) electrons. The van der Waals surface area contributed by atoms with E-state index in [1.54, 1.807) is 18.2 Å². The van der Waals surface area contributed by atoms with E-state index in [2.05, 4.69) is 22.3 Å². The lowest BCUT2D eigenvalue weighted by Crippen LogP contribution is -2.48. The van der Waals surface area contributed by atoms with Gasteiger partial charge in [0.2, 0.25) is 5.78 Å². The normalized spacial score (nSPS) is 18.8. The highest BCUT2D eigenvalue weighted by Crippen LogP contribution is 2.33. The maximum atomic E-state index is 13.0. The van der Waals surface area contributed by atoms with Crippen molar-refractivity contribution < 1.29 is 19.5 Å². The van der Waals surface area contributed by atoms with Crippen LogP contribution in [0.25, 0.3) is 0 Å². The van der Waals surface area contributed by atoms with E-state index in [1.165, 1.54) is 5.56 Å². The molecule has 2 heterocycles. The number of carboxylic acids is 1. The topological polar surface area (TPSA) is 89.9 Å². The number of anilines is 1. The Balaban J connectivity index is 1.41. The highest BCUT2D eigenvalue weighted by molar-refractivity contribution is 6.35. The molecule has 2 N–H and O–H groups in total. The predicted octanol–water partition coefficient (Wildman–Crippen LogP) is 1.81. The number of rotatable bonds is 5. The number of carboxylic acid groups (broad SMARTS) is 1. The molecule has 1 fully saturated rings. The van der Waals surface area contributed by atoms with E-state index in [1.807, 2.05) is 23.1 Å². The highest BCUT2D eigenvalue weighted by atomic mass is 16.4. The van der Waals surface area contributed by atoms with Gasteiger partial charge in [-0.05, 0) is 29.3 Å². The molecule has 7 nitrogen and oxygen atoms in total. The number of ketones is 1.